The normalized spacial score (nSPS) is 11.9. The van der Waals surface area contributed by atoms with Gasteiger partial charge in [0.25, 0.3) is 0 Å². The Labute approximate surface area is 170 Å². The average molecular weight is 438 g/mol. The average Bonchev–Trinajstić information content (AvgIpc) is 3.08. The summed E-state index contributed by atoms with van der Waals surface area (Å²) < 4.78 is 29.0. The van der Waals surface area contributed by atoms with E-state index in [-0.39, 0.29) is 10.4 Å². The van der Waals surface area contributed by atoms with Crippen molar-refractivity contribution < 1.29 is 13.2 Å². The zero-order valence-electron chi connectivity index (χ0n) is 16.2. The van der Waals surface area contributed by atoms with Gasteiger partial charge in [0.2, 0.25) is 15.9 Å². The highest BCUT2D eigenvalue weighted by atomic mass is 32.2. The number of benzene rings is 1. The third-order valence-electron chi connectivity index (χ3n) is 4.40. The molecule has 0 aliphatic carbocycles. The lowest BCUT2D eigenvalue weighted by Crippen LogP contribution is -2.39. The highest BCUT2D eigenvalue weighted by Gasteiger charge is 2.24. The number of hydrogen-bond donors (Lipinski definition) is 1. The molecular weight excluding hydrogens is 418 g/mol. The Kier molecular flexibility index (Phi) is 5.43. The van der Waals surface area contributed by atoms with Crippen molar-refractivity contribution in [2.75, 3.05) is 18.9 Å². The fourth-order valence-electron chi connectivity index (χ4n) is 2.76. The number of carbonyl (C=O) groups excluding carboxylic acids is 1. The van der Waals surface area contributed by atoms with Crippen LogP contribution in [0.15, 0.2) is 38.1 Å². The minimum absolute atomic E-state index is 0.0981. The molecule has 0 aliphatic heterocycles. The van der Waals surface area contributed by atoms with Gasteiger partial charge in [0.1, 0.15) is 0 Å². The molecule has 1 aromatic carbocycles. The van der Waals surface area contributed by atoms with Crippen LogP contribution in [0.3, 0.4) is 0 Å². The molecule has 1 N–H and O–H groups in total. The minimum Gasteiger partial charge on any atom is -0.305 e. The molecule has 2 heterocycles. The number of aryl methyl sites for hydroxylation is 3. The van der Waals surface area contributed by atoms with Crippen molar-refractivity contribution >= 4 is 43.4 Å². The number of nitrogens with zero attached hydrogens (tertiary/aromatic N) is 4. The SMILES string of the molecule is Cc1csc(NC(=O)CN(C)S(=O)(=O)c2ccc3c(c2)n(C)c(=O)c(=O)n3C)n1. The predicted octanol–water partition coefficient (Wildman–Crippen LogP) is 0.261. The largest absolute Gasteiger partial charge is 0.316 e. The Morgan fingerprint density at radius 1 is 1.17 bits per heavy atom. The number of hydrogen-bond acceptors (Lipinski definition) is 7. The second-order valence-electron chi connectivity index (χ2n) is 6.48. The Morgan fingerprint density at radius 2 is 1.79 bits per heavy atom. The van der Waals surface area contributed by atoms with Crippen molar-refractivity contribution in [2.24, 2.45) is 14.1 Å². The first-order valence-electron chi connectivity index (χ1n) is 8.40. The van der Waals surface area contributed by atoms with Crippen LogP contribution in [0.25, 0.3) is 11.0 Å². The van der Waals surface area contributed by atoms with Gasteiger partial charge in [0.15, 0.2) is 5.13 Å². The molecule has 0 spiro atoms. The number of likely N-dealkylation sites (N-methyl/N-ethyl adjacent to an activating group) is 1. The highest BCUT2D eigenvalue weighted by molar-refractivity contribution is 7.89. The Morgan fingerprint density at radius 3 is 2.38 bits per heavy atom. The van der Waals surface area contributed by atoms with Gasteiger partial charge in [0.05, 0.1) is 28.2 Å². The maximum absolute atomic E-state index is 12.9. The van der Waals surface area contributed by atoms with Crippen LogP contribution >= 0.6 is 11.3 Å². The number of nitrogens with one attached hydrogen (secondary N) is 1. The van der Waals surface area contributed by atoms with Crippen molar-refractivity contribution in [2.45, 2.75) is 11.8 Å². The summed E-state index contributed by atoms with van der Waals surface area (Å²) in [7, 11) is 0.111. The lowest BCUT2D eigenvalue weighted by molar-refractivity contribution is -0.116. The van der Waals surface area contributed by atoms with Gasteiger partial charge in [-0.2, -0.15) is 4.31 Å². The maximum Gasteiger partial charge on any atom is 0.316 e. The van der Waals surface area contributed by atoms with E-state index < -0.39 is 33.6 Å². The van der Waals surface area contributed by atoms with Crippen molar-refractivity contribution in [3.63, 3.8) is 0 Å². The van der Waals surface area contributed by atoms with Gasteiger partial charge < -0.3 is 14.5 Å². The van der Waals surface area contributed by atoms with E-state index in [4.69, 9.17) is 0 Å². The van der Waals surface area contributed by atoms with Crippen molar-refractivity contribution in [1.82, 2.24) is 18.4 Å². The van der Waals surface area contributed by atoms with Crippen LogP contribution in [0, 0.1) is 6.92 Å². The summed E-state index contributed by atoms with van der Waals surface area (Å²) in [5.74, 6) is -0.527. The van der Waals surface area contributed by atoms with E-state index in [0.717, 1.165) is 14.6 Å². The van der Waals surface area contributed by atoms with Gasteiger partial charge >= 0.3 is 11.1 Å². The first kappa shape index (κ1) is 20.9. The lowest BCUT2D eigenvalue weighted by atomic mass is 10.3. The van der Waals surface area contributed by atoms with Gasteiger partial charge in [-0.3, -0.25) is 14.4 Å². The van der Waals surface area contributed by atoms with Crippen LogP contribution in [0.4, 0.5) is 5.13 Å². The number of amides is 1. The second kappa shape index (κ2) is 7.54. The van der Waals surface area contributed by atoms with Crippen LogP contribution in [0.1, 0.15) is 5.69 Å². The standard InChI is InChI=1S/C17H19N5O5S2/c1-10-9-28-17(18-10)19-14(23)8-20(2)29(26,27)11-5-6-12-13(7-11)22(4)16(25)15(24)21(12)3/h5-7,9H,8H2,1-4H3,(H,18,19,23). The second-order valence-corrected chi connectivity index (χ2v) is 9.39. The summed E-state index contributed by atoms with van der Waals surface area (Å²) in [4.78, 5) is 40.1. The van der Waals surface area contributed by atoms with E-state index in [1.807, 2.05) is 0 Å². The molecule has 10 nitrogen and oxygen atoms in total. The third kappa shape index (κ3) is 3.86. The smallest absolute Gasteiger partial charge is 0.305 e. The molecule has 0 aliphatic rings. The molecule has 0 unspecified atom stereocenters. The molecule has 1 amide bonds. The summed E-state index contributed by atoms with van der Waals surface area (Å²) in [6.07, 6.45) is 0. The molecule has 2 aromatic heterocycles. The summed E-state index contributed by atoms with van der Waals surface area (Å²) in [5.41, 5.74) is -0.0184. The van der Waals surface area contributed by atoms with Gasteiger partial charge in [-0.25, -0.2) is 13.4 Å². The highest BCUT2D eigenvalue weighted by Crippen LogP contribution is 2.20. The first-order valence-corrected chi connectivity index (χ1v) is 10.7. The van der Waals surface area contributed by atoms with Crippen molar-refractivity contribution in [3.8, 4) is 0 Å². The number of anilines is 1. The molecule has 0 saturated heterocycles. The van der Waals surface area contributed by atoms with Crippen LogP contribution < -0.4 is 16.4 Å². The molecule has 0 radical (unpaired) electrons. The molecular formula is C17H19N5O5S2. The van der Waals surface area contributed by atoms with Crippen molar-refractivity contribution in [3.05, 3.63) is 50.0 Å². The monoisotopic (exact) mass is 437 g/mol. The topological polar surface area (TPSA) is 123 Å². The summed E-state index contributed by atoms with van der Waals surface area (Å²) in [6, 6.07) is 4.10. The molecule has 12 heteroatoms. The summed E-state index contributed by atoms with van der Waals surface area (Å²) in [6.45, 7) is 1.37. The van der Waals surface area contributed by atoms with Crippen LogP contribution in [-0.4, -0.2) is 46.3 Å². The quantitative estimate of drug-likeness (QED) is 0.571. The van der Waals surface area contributed by atoms with Crippen LogP contribution in [-0.2, 0) is 28.9 Å². The minimum atomic E-state index is -4.01. The molecule has 3 rings (SSSR count). The number of thiazole rings is 1. The number of rotatable bonds is 5. The van der Waals surface area contributed by atoms with E-state index in [9.17, 15) is 22.8 Å². The molecule has 3 aromatic rings. The molecule has 0 atom stereocenters. The van der Waals surface area contributed by atoms with Gasteiger partial charge in [0, 0.05) is 26.5 Å². The van der Waals surface area contributed by atoms with Crippen molar-refractivity contribution in [1.29, 1.82) is 0 Å². The molecule has 29 heavy (non-hydrogen) atoms. The van der Waals surface area contributed by atoms with Crippen LogP contribution in [0.5, 0.6) is 0 Å². The fourth-order valence-corrected chi connectivity index (χ4v) is 4.61. The maximum atomic E-state index is 12.9. The molecule has 0 fully saturated rings. The Balaban J connectivity index is 1.92. The van der Waals surface area contributed by atoms with E-state index in [2.05, 4.69) is 10.3 Å². The van der Waals surface area contributed by atoms with E-state index in [0.29, 0.717) is 10.6 Å². The first-order chi connectivity index (χ1) is 13.5. The number of carbonyl (C=O) groups is 1. The fraction of sp³-hybridized carbons (Fsp3) is 0.294. The number of fused-ring (bicyclic) bond motifs is 1. The summed E-state index contributed by atoms with van der Waals surface area (Å²) in [5, 5.41) is 4.71. The lowest BCUT2D eigenvalue weighted by Gasteiger charge is -2.17. The van der Waals surface area contributed by atoms with E-state index >= 15 is 0 Å². The Bertz CT molecular complexity index is 1340. The Hall–Kier alpha value is -2.83. The predicted molar refractivity (Wildman–Crippen MR) is 110 cm³/mol. The van der Waals surface area contributed by atoms with E-state index in [1.165, 1.54) is 55.2 Å². The third-order valence-corrected chi connectivity index (χ3v) is 7.08. The van der Waals surface area contributed by atoms with Gasteiger partial charge in [-0.1, -0.05) is 0 Å². The van der Waals surface area contributed by atoms with E-state index in [1.54, 1.807) is 12.3 Å². The zero-order chi connectivity index (χ0) is 21.5. The molecule has 0 bridgehead atoms. The van der Waals surface area contributed by atoms with Gasteiger partial charge in [-0.05, 0) is 25.1 Å². The molecule has 0 saturated carbocycles. The molecule has 154 valence electrons. The summed E-state index contributed by atoms with van der Waals surface area (Å²) >= 11 is 1.24. The van der Waals surface area contributed by atoms with Crippen LogP contribution in [0.2, 0.25) is 0 Å². The zero-order valence-corrected chi connectivity index (χ0v) is 17.8. The number of sulfonamides is 1. The van der Waals surface area contributed by atoms with Gasteiger partial charge in [-0.15, -0.1) is 11.3 Å². The number of aromatic nitrogens is 3.